The van der Waals surface area contributed by atoms with Gasteiger partial charge in [-0.25, -0.2) is 39.0 Å². The predicted octanol–water partition coefficient (Wildman–Crippen LogP) is 18.6. The number of fused-ring (bicyclic) bond motifs is 6. The summed E-state index contributed by atoms with van der Waals surface area (Å²) in [6, 6.07) is 89.1. The molecule has 15 aromatic rings. The number of nitriles is 1. The van der Waals surface area contributed by atoms with Crippen LogP contribution < -0.4 is 0 Å². The van der Waals surface area contributed by atoms with Gasteiger partial charge in [0.2, 0.25) is 0 Å². The highest BCUT2D eigenvalue weighted by molar-refractivity contribution is 6.15. The molecule has 0 atom stereocenters. The van der Waals surface area contributed by atoms with Crippen molar-refractivity contribution in [3.05, 3.63) is 347 Å². The lowest BCUT2D eigenvalue weighted by Crippen LogP contribution is -2.07. The minimum Gasteiger partial charge on any atom is -0.457 e. The topological polar surface area (TPSA) is 182 Å². The Kier molecular flexibility index (Phi) is 17.1. The molecule has 0 unspecified atom stereocenters. The molecule has 0 fully saturated rings. The van der Waals surface area contributed by atoms with E-state index in [4.69, 9.17) is 40.5 Å². The highest BCUT2D eigenvalue weighted by atomic mass is 16.5. The molecule has 0 spiro atoms. The SMILES string of the molecule is [C-]#[N+]c1ccccc1-c1ccc(-n2c3ccc(C(=O)OCc4ccccc4)cc3c3cc(C(=O)OCc4ccccc4)ccc32)c(-c2nc(-c3ccccc3)nc(-c3cc(C#N)ccc3-n3c4ccc(C(=O)OCc5ccccc5)cc4c4cc(C(=O)OCc5ccccc5)ccc43)n2)c1. The summed E-state index contributed by atoms with van der Waals surface area (Å²) in [5, 5.41) is 13.3. The summed E-state index contributed by atoms with van der Waals surface area (Å²) in [6.45, 7) is 8.48. The van der Waals surface area contributed by atoms with Crippen molar-refractivity contribution in [3.63, 3.8) is 0 Å². The number of carbonyl (C=O) groups excluding carboxylic acids is 4. The highest BCUT2D eigenvalue weighted by Gasteiger charge is 2.27. The van der Waals surface area contributed by atoms with Crippen LogP contribution >= 0.6 is 0 Å². The number of carbonyl (C=O) groups is 4. The first-order valence-electron chi connectivity index (χ1n) is 32.1. The third-order valence-electron chi connectivity index (χ3n) is 17.4. The first-order valence-corrected chi connectivity index (χ1v) is 32.1. The summed E-state index contributed by atoms with van der Waals surface area (Å²) in [6.07, 6.45) is 0. The maximum Gasteiger partial charge on any atom is 0.338 e. The van der Waals surface area contributed by atoms with Gasteiger partial charge in [0.15, 0.2) is 23.2 Å². The van der Waals surface area contributed by atoms with E-state index in [0.29, 0.717) is 94.1 Å². The third-order valence-corrected chi connectivity index (χ3v) is 17.4. The zero-order valence-electron chi connectivity index (χ0n) is 53.4. The van der Waals surface area contributed by atoms with Crippen LogP contribution in [0.4, 0.5) is 5.69 Å². The number of nitrogens with zero attached hydrogens (tertiary/aromatic N) is 7. The number of aromatic nitrogens is 5. The van der Waals surface area contributed by atoms with Crippen molar-refractivity contribution in [1.82, 2.24) is 24.1 Å². The Bertz CT molecular complexity index is 5560. The van der Waals surface area contributed by atoms with Crippen molar-refractivity contribution >= 4 is 73.2 Å². The van der Waals surface area contributed by atoms with E-state index in [1.54, 1.807) is 66.7 Å². The molecule has 0 aliphatic rings. The Morgan fingerprint density at radius 3 is 1.07 bits per heavy atom. The summed E-state index contributed by atoms with van der Waals surface area (Å²) >= 11 is 0. The van der Waals surface area contributed by atoms with E-state index in [1.165, 1.54) is 0 Å². The van der Waals surface area contributed by atoms with Gasteiger partial charge >= 0.3 is 23.9 Å². The number of hydrogen-bond donors (Lipinski definition) is 0. The molecule has 478 valence electrons. The Morgan fingerprint density at radius 1 is 0.350 bits per heavy atom. The van der Waals surface area contributed by atoms with E-state index in [0.717, 1.165) is 22.3 Å². The van der Waals surface area contributed by atoms with Crippen LogP contribution in [-0.4, -0.2) is 48.0 Å². The Morgan fingerprint density at radius 2 is 0.690 bits per heavy atom. The zero-order chi connectivity index (χ0) is 68.1. The normalized spacial score (nSPS) is 11.1. The van der Waals surface area contributed by atoms with Crippen molar-refractivity contribution in [2.24, 2.45) is 0 Å². The number of hydrogen-bond acceptors (Lipinski definition) is 12. The molecule has 3 heterocycles. The lowest BCUT2D eigenvalue weighted by molar-refractivity contribution is 0.0464. The number of rotatable bonds is 18. The molecule has 15 nitrogen and oxygen atoms in total. The highest BCUT2D eigenvalue weighted by Crippen LogP contribution is 2.43. The minimum atomic E-state index is -0.551. The van der Waals surface area contributed by atoms with Crippen molar-refractivity contribution in [2.75, 3.05) is 0 Å². The fourth-order valence-corrected chi connectivity index (χ4v) is 12.5. The van der Waals surface area contributed by atoms with E-state index in [2.05, 4.69) is 10.9 Å². The van der Waals surface area contributed by atoms with Crippen LogP contribution in [-0.2, 0) is 45.4 Å². The van der Waals surface area contributed by atoms with Crippen molar-refractivity contribution in [3.8, 4) is 62.7 Å². The van der Waals surface area contributed by atoms with E-state index in [-0.39, 0.29) is 66.2 Å². The van der Waals surface area contributed by atoms with Crippen molar-refractivity contribution in [1.29, 1.82) is 5.26 Å². The molecule has 0 bridgehead atoms. The molecule has 0 N–H and O–H groups in total. The first kappa shape index (κ1) is 62.2. The summed E-state index contributed by atoms with van der Waals surface area (Å²) < 4.78 is 27.5. The monoisotopic (exact) mass is 1300 g/mol. The van der Waals surface area contributed by atoms with Crippen LogP contribution in [0.25, 0.3) is 105 Å². The molecule has 12 aromatic carbocycles. The molecule has 0 radical (unpaired) electrons. The first-order chi connectivity index (χ1) is 49.1. The van der Waals surface area contributed by atoms with Gasteiger partial charge in [-0.1, -0.05) is 182 Å². The molecule has 0 amide bonds. The summed E-state index contributed by atoms with van der Waals surface area (Å²) in [5.74, 6) is -1.54. The average molecular weight is 1300 g/mol. The Hall–Kier alpha value is -13.9. The molecule has 0 aliphatic carbocycles. The second-order valence-corrected chi connectivity index (χ2v) is 23.7. The molecule has 15 heteroatoms. The molecular formula is C85H55N7O8. The minimum absolute atomic E-state index is 0.0481. The number of ether oxygens (including phenoxy) is 4. The second-order valence-electron chi connectivity index (χ2n) is 23.7. The van der Waals surface area contributed by atoms with E-state index in [1.807, 2.05) is 228 Å². The summed E-state index contributed by atoms with van der Waals surface area (Å²) in [7, 11) is 0. The van der Waals surface area contributed by atoms with E-state index < -0.39 is 23.9 Å². The predicted molar refractivity (Wildman–Crippen MR) is 383 cm³/mol. The number of esters is 4. The van der Waals surface area contributed by atoms with Crippen molar-refractivity contribution < 1.29 is 38.1 Å². The molecule has 100 heavy (non-hydrogen) atoms. The molecule has 0 aliphatic heterocycles. The van der Waals surface area contributed by atoms with Crippen LogP contribution in [0, 0.1) is 17.9 Å². The van der Waals surface area contributed by atoms with Crippen LogP contribution in [0.5, 0.6) is 0 Å². The molecular weight excluding hydrogens is 1250 g/mol. The van der Waals surface area contributed by atoms with Crippen LogP contribution in [0.2, 0.25) is 0 Å². The fourth-order valence-electron chi connectivity index (χ4n) is 12.5. The largest absolute Gasteiger partial charge is 0.457 e. The maximum atomic E-state index is 14.1. The quantitative estimate of drug-likeness (QED) is 0.0451. The van der Waals surface area contributed by atoms with Gasteiger partial charge in [0.25, 0.3) is 0 Å². The lowest BCUT2D eigenvalue weighted by atomic mass is 9.99. The van der Waals surface area contributed by atoms with Gasteiger partial charge in [-0.15, -0.1) is 0 Å². The number of para-hydroxylation sites is 1. The van der Waals surface area contributed by atoms with Gasteiger partial charge in [-0.2, -0.15) is 5.26 Å². The smallest absolute Gasteiger partial charge is 0.338 e. The summed E-state index contributed by atoms with van der Waals surface area (Å²) in [4.78, 5) is 76.3. The lowest BCUT2D eigenvalue weighted by Gasteiger charge is -2.18. The average Bonchev–Trinajstić information content (AvgIpc) is 1.57. The Labute approximate surface area is 573 Å². The molecule has 3 aromatic heterocycles. The van der Waals surface area contributed by atoms with Gasteiger partial charge in [-0.3, -0.25) is 0 Å². The Balaban J connectivity index is 0.932. The van der Waals surface area contributed by atoms with Crippen molar-refractivity contribution in [2.45, 2.75) is 26.4 Å². The zero-order valence-corrected chi connectivity index (χ0v) is 53.4. The van der Waals surface area contributed by atoms with Gasteiger partial charge in [0.05, 0.1) is 73.9 Å². The van der Waals surface area contributed by atoms with Gasteiger partial charge in [0, 0.05) is 38.2 Å². The van der Waals surface area contributed by atoms with Crippen LogP contribution in [0.15, 0.2) is 285 Å². The van der Waals surface area contributed by atoms with Crippen LogP contribution in [0.3, 0.4) is 0 Å². The number of benzene rings is 12. The van der Waals surface area contributed by atoms with Gasteiger partial charge < -0.3 is 28.1 Å². The molecule has 0 saturated carbocycles. The third kappa shape index (κ3) is 12.6. The molecule has 0 saturated heterocycles. The molecule has 15 rings (SSSR count). The van der Waals surface area contributed by atoms with Crippen LogP contribution in [0.1, 0.15) is 69.2 Å². The second kappa shape index (κ2) is 27.4. The van der Waals surface area contributed by atoms with Gasteiger partial charge in [-0.05, 0) is 137 Å². The standard InChI is InChI=1S/C85H55N7O8/c1-87-72-30-18-17-29-65(72)60-32-38-78(92-75-41-35-63(84(95)99-52-56-23-11-4-12-24-56)47-68(75)69-48-64(36-42-76(69)92)85(96)100-53-57-25-13-5-14-26-57)71(44-60)81-89-79(59-27-15-6-16-28-59)88-80(90-81)70-43-58(49-86)31-37-77(70)91-73-39-33-61(82(93)97-50-54-19-7-2-8-20-54)45-66(73)67-46-62(34-40-74(67)91)83(94)98-51-55-21-9-3-10-22-55/h2-48H,50-53H2. The van der Waals surface area contributed by atoms with E-state index >= 15 is 0 Å². The maximum absolute atomic E-state index is 14.1. The van der Waals surface area contributed by atoms with E-state index in [9.17, 15) is 24.4 Å². The fraction of sp³-hybridized carbons (Fsp3) is 0.0471. The van der Waals surface area contributed by atoms with Gasteiger partial charge in [0.1, 0.15) is 26.4 Å². The summed E-state index contributed by atoms with van der Waals surface area (Å²) in [5.41, 5.74) is 11.6.